The van der Waals surface area contributed by atoms with Gasteiger partial charge in [0.25, 0.3) is 0 Å². The van der Waals surface area contributed by atoms with Gasteiger partial charge in [-0.15, -0.1) is 0 Å². The SMILES string of the molecule is CNC1CCCN(CCCCN(C)C(C)C)C1=O. The van der Waals surface area contributed by atoms with Crippen LogP contribution in [0.5, 0.6) is 0 Å². The Kier molecular flexibility index (Phi) is 6.65. The molecule has 1 heterocycles. The fourth-order valence-electron chi connectivity index (χ4n) is 2.35. The highest BCUT2D eigenvalue weighted by atomic mass is 16.2. The Bertz CT molecular complexity index is 255. The zero-order valence-electron chi connectivity index (χ0n) is 12.4. The van der Waals surface area contributed by atoms with Gasteiger partial charge in [0, 0.05) is 19.1 Å². The predicted molar refractivity (Wildman–Crippen MR) is 75.7 cm³/mol. The van der Waals surface area contributed by atoms with E-state index in [-0.39, 0.29) is 6.04 Å². The predicted octanol–water partition coefficient (Wildman–Crippen LogP) is 1.32. The van der Waals surface area contributed by atoms with Crippen molar-refractivity contribution in [1.82, 2.24) is 15.1 Å². The lowest BCUT2D eigenvalue weighted by Gasteiger charge is -2.32. The molecule has 1 N–H and O–H groups in total. The summed E-state index contributed by atoms with van der Waals surface area (Å²) in [7, 11) is 4.04. The van der Waals surface area contributed by atoms with Gasteiger partial charge in [0.1, 0.15) is 0 Å². The lowest BCUT2D eigenvalue weighted by atomic mass is 10.0. The van der Waals surface area contributed by atoms with Crippen molar-refractivity contribution in [2.75, 3.05) is 33.7 Å². The molecule has 18 heavy (non-hydrogen) atoms. The topological polar surface area (TPSA) is 35.6 Å². The van der Waals surface area contributed by atoms with Crippen LogP contribution in [0.2, 0.25) is 0 Å². The van der Waals surface area contributed by atoms with E-state index in [4.69, 9.17) is 0 Å². The molecule has 1 aliphatic heterocycles. The van der Waals surface area contributed by atoms with Gasteiger partial charge in [-0.05, 0) is 60.2 Å². The molecule has 0 aromatic heterocycles. The summed E-state index contributed by atoms with van der Waals surface area (Å²) in [6.45, 7) is 7.41. The Morgan fingerprint density at radius 1 is 1.44 bits per heavy atom. The smallest absolute Gasteiger partial charge is 0.239 e. The van der Waals surface area contributed by atoms with Gasteiger partial charge in [-0.1, -0.05) is 0 Å². The van der Waals surface area contributed by atoms with Crippen LogP contribution >= 0.6 is 0 Å². The molecular formula is C14H29N3O. The number of unbranched alkanes of at least 4 members (excludes halogenated alkanes) is 1. The quantitative estimate of drug-likeness (QED) is 0.697. The summed E-state index contributed by atoms with van der Waals surface area (Å²) in [5, 5.41) is 3.11. The van der Waals surface area contributed by atoms with Crippen molar-refractivity contribution in [3.8, 4) is 0 Å². The van der Waals surface area contributed by atoms with Crippen molar-refractivity contribution in [1.29, 1.82) is 0 Å². The van der Waals surface area contributed by atoms with E-state index < -0.39 is 0 Å². The van der Waals surface area contributed by atoms with E-state index in [0.29, 0.717) is 11.9 Å². The van der Waals surface area contributed by atoms with Crippen LogP contribution in [0.25, 0.3) is 0 Å². The molecule has 106 valence electrons. The molecule has 0 aromatic rings. The lowest BCUT2D eigenvalue weighted by molar-refractivity contribution is -0.135. The van der Waals surface area contributed by atoms with Crippen molar-refractivity contribution >= 4 is 5.91 Å². The normalized spacial score (nSPS) is 21.1. The molecule has 0 saturated carbocycles. The molecule has 0 bridgehead atoms. The third-order valence-electron chi connectivity index (χ3n) is 3.95. The van der Waals surface area contributed by atoms with Crippen LogP contribution in [0, 0.1) is 0 Å². The lowest BCUT2D eigenvalue weighted by Crippen LogP contribution is -2.49. The number of nitrogens with one attached hydrogen (secondary N) is 1. The average molecular weight is 255 g/mol. The van der Waals surface area contributed by atoms with E-state index in [1.54, 1.807) is 0 Å². The summed E-state index contributed by atoms with van der Waals surface area (Å²) < 4.78 is 0. The summed E-state index contributed by atoms with van der Waals surface area (Å²) in [5.41, 5.74) is 0. The van der Waals surface area contributed by atoms with Crippen molar-refractivity contribution in [3.63, 3.8) is 0 Å². The van der Waals surface area contributed by atoms with Crippen molar-refractivity contribution in [2.45, 2.75) is 51.6 Å². The van der Waals surface area contributed by atoms with Gasteiger partial charge in [-0.2, -0.15) is 0 Å². The van der Waals surface area contributed by atoms with E-state index >= 15 is 0 Å². The Hall–Kier alpha value is -0.610. The molecular weight excluding hydrogens is 226 g/mol. The molecule has 0 aromatic carbocycles. The number of carbonyl (C=O) groups is 1. The summed E-state index contributed by atoms with van der Waals surface area (Å²) in [5.74, 6) is 0.293. The molecule has 1 unspecified atom stereocenters. The molecule has 1 atom stereocenters. The Morgan fingerprint density at radius 2 is 2.17 bits per heavy atom. The second kappa shape index (κ2) is 7.74. The van der Waals surface area contributed by atoms with Gasteiger partial charge in [-0.25, -0.2) is 0 Å². The number of amides is 1. The molecule has 1 fully saturated rings. The fourth-order valence-corrected chi connectivity index (χ4v) is 2.35. The number of rotatable bonds is 7. The van der Waals surface area contributed by atoms with E-state index in [1.165, 1.54) is 6.42 Å². The van der Waals surface area contributed by atoms with Crippen molar-refractivity contribution in [2.24, 2.45) is 0 Å². The van der Waals surface area contributed by atoms with E-state index in [0.717, 1.165) is 38.9 Å². The first kappa shape index (κ1) is 15.4. The minimum Gasteiger partial charge on any atom is -0.341 e. The third kappa shape index (κ3) is 4.58. The van der Waals surface area contributed by atoms with Gasteiger partial charge in [0.15, 0.2) is 0 Å². The van der Waals surface area contributed by atoms with E-state index in [9.17, 15) is 4.79 Å². The van der Waals surface area contributed by atoms with E-state index in [1.807, 2.05) is 11.9 Å². The minimum atomic E-state index is 0.0529. The van der Waals surface area contributed by atoms with Gasteiger partial charge in [0.2, 0.25) is 5.91 Å². The van der Waals surface area contributed by atoms with E-state index in [2.05, 4.69) is 31.1 Å². The minimum absolute atomic E-state index is 0.0529. The maximum Gasteiger partial charge on any atom is 0.239 e. The largest absolute Gasteiger partial charge is 0.341 e. The van der Waals surface area contributed by atoms with Crippen LogP contribution in [0.15, 0.2) is 0 Å². The van der Waals surface area contributed by atoms with Gasteiger partial charge >= 0.3 is 0 Å². The van der Waals surface area contributed by atoms with Crippen molar-refractivity contribution < 1.29 is 4.79 Å². The zero-order chi connectivity index (χ0) is 13.5. The van der Waals surface area contributed by atoms with Gasteiger partial charge in [-0.3, -0.25) is 4.79 Å². The van der Waals surface area contributed by atoms with Gasteiger partial charge < -0.3 is 15.1 Å². The number of hydrogen-bond donors (Lipinski definition) is 1. The highest BCUT2D eigenvalue weighted by Gasteiger charge is 2.26. The van der Waals surface area contributed by atoms with Crippen LogP contribution < -0.4 is 5.32 Å². The summed E-state index contributed by atoms with van der Waals surface area (Å²) in [4.78, 5) is 16.4. The zero-order valence-corrected chi connectivity index (χ0v) is 12.4. The molecule has 1 aliphatic rings. The molecule has 1 amide bonds. The number of piperidine rings is 1. The average Bonchev–Trinajstić information content (AvgIpc) is 2.35. The molecule has 0 aliphatic carbocycles. The molecule has 0 spiro atoms. The maximum atomic E-state index is 12.0. The Balaban J connectivity index is 2.20. The molecule has 0 radical (unpaired) electrons. The van der Waals surface area contributed by atoms with Crippen LogP contribution in [0.4, 0.5) is 0 Å². The van der Waals surface area contributed by atoms with Crippen LogP contribution in [0.1, 0.15) is 39.5 Å². The first-order valence-electron chi connectivity index (χ1n) is 7.22. The standard InChI is InChI=1S/C14H29N3O/c1-12(2)16(4)9-5-6-10-17-11-7-8-13(15-3)14(17)18/h12-13,15H,5-11H2,1-4H3. The highest BCUT2D eigenvalue weighted by Crippen LogP contribution is 2.12. The summed E-state index contributed by atoms with van der Waals surface area (Å²) >= 11 is 0. The Labute approximate surface area is 112 Å². The van der Waals surface area contributed by atoms with Crippen molar-refractivity contribution in [3.05, 3.63) is 0 Å². The Morgan fingerprint density at radius 3 is 2.78 bits per heavy atom. The molecule has 1 saturated heterocycles. The highest BCUT2D eigenvalue weighted by molar-refractivity contribution is 5.82. The first-order valence-corrected chi connectivity index (χ1v) is 7.22. The fraction of sp³-hybridized carbons (Fsp3) is 0.929. The van der Waals surface area contributed by atoms with Crippen LogP contribution in [-0.2, 0) is 4.79 Å². The van der Waals surface area contributed by atoms with Gasteiger partial charge in [0.05, 0.1) is 6.04 Å². The number of nitrogens with zero attached hydrogens (tertiary/aromatic N) is 2. The number of hydrogen-bond acceptors (Lipinski definition) is 3. The second-order valence-electron chi connectivity index (χ2n) is 5.59. The van der Waals surface area contributed by atoms with Crippen LogP contribution in [-0.4, -0.2) is 61.5 Å². The first-order chi connectivity index (χ1) is 8.56. The summed E-state index contributed by atoms with van der Waals surface area (Å²) in [6, 6.07) is 0.660. The maximum absolute atomic E-state index is 12.0. The van der Waals surface area contributed by atoms with Crippen LogP contribution in [0.3, 0.4) is 0 Å². The summed E-state index contributed by atoms with van der Waals surface area (Å²) in [6.07, 6.45) is 4.40. The third-order valence-corrected chi connectivity index (χ3v) is 3.95. The number of carbonyl (C=O) groups excluding carboxylic acids is 1. The number of likely N-dealkylation sites (tertiary alicyclic amines) is 1. The number of likely N-dealkylation sites (N-methyl/N-ethyl adjacent to an activating group) is 1. The molecule has 1 rings (SSSR count). The molecule has 4 heteroatoms. The molecule has 4 nitrogen and oxygen atoms in total. The second-order valence-corrected chi connectivity index (χ2v) is 5.59. The monoisotopic (exact) mass is 255 g/mol.